The van der Waals surface area contributed by atoms with Gasteiger partial charge in [0.25, 0.3) is 0 Å². The Kier molecular flexibility index (Phi) is 6.41. The lowest BCUT2D eigenvalue weighted by molar-refractivity contribution is -0.120. The number of aromatic nitrogens is 2. The molecule has 2 aromatic rings. The highest BCUT2D eigenvalue weighted by molar-refractivity contribution is 5.78. The van der Waals surface area contributed by atoms with Crippen LogP contribution in [0.4, 0.5) is 0 Å². The molecule has 0 saturated carbocycles. The summed E-state index contributed by atoms with van der Waals surface area (Å²) in [7, 11) is 0. The minimum Gasteiger partial charge on any atom is -0.377 e. The van der Waals surface area contributed by atoms with Gasteiger partial charge in [-0.1, -0.05) is 30.3 Å². The minimum atomic E-state index is -0.00222. The Hall–Kier alpha value is -2.18. The van der Waals surface area contributed by atoms with Crippen LogP contribution >= 0.6 is 0 Å². The van der Waals surface area contributed by atoms with E-state index in [-0.39, 0.29) is 12.0 Å². The second kappa shape index (κ2) is 8.96. The summed E-state index contributed by atoms with van der Waals surface area (Å²) >= 11 is 0. The Balaban J connectivity index is 1.48. The number of carbonyl (C=O) groups excluding carboxylic acids is 1. The molecular weight excluding hydrogens is 328 g/mol. The Morgan fingerprint density at radius 1 is 1.31 bits per heavy atom. The van der Waals surface area contributed by atoms with Crippen LogP contribution in [-0.4, -0.2) is 41.5 Å². The van der Waals surface area contributed by atoms with Crippen molar-refractivity contribution < 1.29 is 9.53 Å². The van der Waals surface area contributed by atoms with Crippen molar-refractivity contribution in [1.29, 1.82) is 0 Å². The fourth-order valence-corrected chi connectivity index (χ4v) is 3.30. The van der Waals surface area contributed by atoms with Crippen molar-refractivity contribution in [3.8, 4) is 0 Å². The molecule has 1 unspecified atom stereocenters. The largest absolute Gasteiger partial charge is 0.377 e. The lowest BCUT2D eigenvalue weighted by Crippen LogP contribution is -2.37. The maximum absolute atomic E-state index is 12.1. The third-order valence-corrected chi connectivity index (χ3v) is 4.85. The number of hydrogen-bond donors (Lipinski definition) is 2. The smallest absolute Gasteiger partial charge is 0.234 e. The molecule has 1 aliphatic rings. The zero-order chi connectivity index (χ0) is 18.4. The van der Waals surface area contributed by atoms with Crippen molar-refractivity contribution in [2.45, 2.75) is 45.9 Å². The van der Waals surface area contributed by atoms with Crippen LogP contribution < -0.4 is 10.6 Å². The molecule has 1 aromatic carbocycles. The monoisotopic (exact) mass is 356 g/mol. The van der Waals surface area contributed by atoms with Gasteiger partial charge in [-0.25, -0.2) is 0 Å². The number of aryl methyl sites for hydroxylation is 1. The van der Waals surface area contributed by atoms with Gasteiger partial charge in [-0.2, -0.15) is 5.10 Å². The van der Waals surface area contributed by atoms with Crippen molar-refractivity contribution >= 4 is 5.91 Å². The zero-order valence-electron chi connectivity index (χ0n) is 15.6. The van der Waals surface area contributed by atoms with Gasteiger partial charge in [0, 0.05) is 31.0 Å². The van der Waals surface area contributed by atoms with Gasteiger partial charge in [-0.3, -0.25) is 9.48 Å². The predicted octanol–water partition coefficient (Wildman–Crippen LogP) is 1.93. The fraction of sp³-hybridized carbons (Fsp3) is 0.500. The van der Waals surface area contributed by atoms with Crippen LogP contribution in [0.5, 0.6) is 0 Å². The molecule has 1 aliphatic heterocycles. The van der Waals surface area contributed by atoms with E-state index in [1.807, 2.05) is 29.8 Å². The van der Waals surface area contributed by atoms with E-state index >= 15 is 0 Å². The molecule has 1 atom stereocenters. The Bertz CT molecular complexity index is 721. The van der Waals surface area contributed by atoms with Crippen molar-refractivity contribution in [3.63, 3.8) is 0 Å². The maximum Gasteiger partial charge on any atom is 0.234 e. The lowest BCUT2D eigenvalue weighted by atomic mass is 10.2. The van der Waals surface area contributed by atoms with E-state index in [0.717, 1.165) is 49.5 Å². The first-order valence-corrected chi connectivity index (χ1v) is 9.29. The maximum atomic E-state index is 12.1. The molecule has 26 heavy (non-hydrogen) atoms. The van der Waals surface area contributed by atoms with Gasteiger partial charge in [0.1, 0.15) is 0 Å². The van der Waals surface area contributed by atoms with Crippen LogP contribution in [0.3, 0.4) is 0 Å². The number of amides is 1. The fourth-order valence-electron chi connectivity index (χ4n) is 3.30. The molecule has 1 amide bonds. The van der Waals surface area contributed by atoms with Gasteiger partial charge in [-0.15, -0.1) is 0 Å². The summed E-state index contributed by atoms with van der Waals surface area (Å²) in [4.78, 5) is 12.1. The van der Waals surface area contributed by atoms with Gasteiger partial charge in [0.2, 0.25) is 5.91 Å². The van der Waals surface area contributed by atoms with Gasteiger partial charge >= 0.3 is 0 Å². The molecule has 0 bridgehead atoms. The molecule has 6 heteroatoms. The topological polar surface area (TPSA) is 68.2 Å². The van der Waals surface area contributed by atoms with Gasteiger partial charge in [0.05, 0.1) is 24.9 Å². The highest BCUT2D eigenvalue weighted by atomic mass is 16.5. The van der Waals surface area contributed by atoms with Crippen LogP contribution in [0.1, 0.15) is 35.4 Å². The molecular formula is C20H28N4O2. The number of rotatable bonds is 8. The molecule has 140 valence electrons. The third kappa shape index (κ3) is 4.93. The third-order valence-electron chi connectivity index (χ3n) is 4.85. The Morgan fingerprint density at radius 3 is 2.85 bits per heavy atom. The first kappa shape index (κ1) is 18.6. The molecule has 0 spiro atoms. The van der Waals surface area contributed by atoms with E-state index in [0.29, 0.717) is 13.1 Å². The first-order valence-electron chi connectivity index (χ1n) is 9.29. The molecule has 0 aliphatic carbocycles. The van der Waals surface area contributed by atoms with Crippen LogP contribution in [0, 0.1) is 13.8 Å². The summed E-state index contributed by atoms with van der Waals surface area (Å²) in [6.45, 7) is 7.18. The predicted molar refractivity (Wildman–Crippen MR) is 101 cm³/mol. The summed E-state index contributed by atoms with van der Waals surface area (Å²) < 4.78 is 7.54. The van der Waals surface area contributed by atoms with Gasteiger partial charge in [-0.05, 0) is 32.3 Å². The number of nitrogens with zero attached hydrogens (tertiary/aromatic N) is 2. The van der Waals surface area contributed by atoms with Gasteiger partial charge < -0.3 is 15.4 Å². The van der Waals surface area contributed by atoms with Crippen LogP contribution in [-0.2, 0) is 22.6 Å². The van der Waals surface area contributed by atoms with Crippen LogP contribution in [0.15, 0.2) is 30.3 Å². The lowest BCUT2D eigenvalue weighted by Gasteiger charge is -2.11. The molecule has 2 heterocycles. The van der Waals surface area contributed by atoms with E-state index in [1.54, 1.807) is 0 Å². The summed E-state index contributed by atoms with van der Waals surface area (Å²) in [6, 6.07) is 10.3. The van der Waals surface area contributed by atoms with Crippen molar-refractivity contribution in [1.82, 2.24) is 20.4 Å². The van der Waals surface area contributed by atoms with E-state index < -0.39 is 0 Å². The number of nitrogens with one attached hydrogen (secondary N) is 2. The minimum absolute atomic E-state index is 0.00222. The molecule has 1 aromatic heterocycles. The second-order valence-electron chi connectivity index (χ2n) is 6.84. The van der Waals surface area contributed by atoms with E-state index in [2.05, 4.69) is 34.8 Å². The highest BCUT2D eigenvalue weighted by Gasteiger charge is 2.16. The molecule has 1 saturated heterocycles. The molecule has 0 radical (unpaired) electrons. The average Bonchev–Trinajstić information content (AvgIpc) is 3.23. The Morgan fingerprint density at radius 2 is 2.12 bits per heavy atom. The van der Waals surface area contributed by atoms with Crippen molar-refractivity contribution in [3.05, 3.63) is 52.8 Å². The average molecular weight is 356 g/mol. The number of hydrogen-bond acceptors (Lipinski definition) is 4. The SMILES string of the molecule is Cc1nn(Cc2ccccc2)c(C)c1CNC(=O)CNCC1CCCO1. The van der Waals surface area contributed by atoms with Gasteiger partial charge in [0.15, 0.2) is 0 Å². The molecule has 1 fully saturated rings. The molecule has 6 nitrogen and oxygen atoms in total. The summed E-state index contributed by atoms with van der Waals surface area (Å²) in [5.74, 6) is -0.00222. The zero-order valence-corrected chi connectivity index (χ0v) is 15.6. The first-order chi connectivity index (χ1) is 12.6. The number of benzene rings is 1. The quantitative estimate of drug-likeness (QED) is 0.758. The summed E-state index contributed by atoms with van der Waals surface area (Å²) in [5.41, 5.74) is 4.37. The molecule has 3 rings (SSSR count). The van der Waals surface area contributed by atoms with Crippen LogP contribution in [0.2, 0.25) is 0 Å². The highest BCUT2D eigenvalue weighted by Crippen LogP contribution is 2.14. The number of ether oxygens (including phenoxy) is 1. The van der Waals surface area contributed by atoms with E-state index in [4.69, 9.17) is 4.74 Å². The van der Waals surface area contributed by atoms with E-state index in [1.165, 1.54) is 5.56 Å². The number of carbonyl (C=O) groups is 1. The van der Waals surface area contributed by atoms with E-state index in [9.17, 15) is 4.79 Å². The standard InChI is InChI=1S/C20H28N4O2/c1-15-19(12-22-20(25)13-21-11-18-9-6-10-26-18)16(2)24(23-15)14-17-7-4-3-5-8-17/h3-5,7-8,18,21H,6,9-14H2,1-2H3,(H,22,25). The summed E-state index contributed by atoms with van der Waals surface area (Å²) in [6.07, 6.45) is 2.45. The normalized spacial score (nSPS) is 16.8. The summed E-state index contributed by atoms with van der Waals surface area (Å²) in [5, 5.41) is 10.8. The van der Waals surface area contributed by atoms with Crippen molar-refractivity contribution in [2.24, 2.45) is 0 Å². The van der Waals surface area contributed by atoms with Crippen molar-refractivity contribution in [2.75, 3.05) is 19.7 Å². The van der Waals surface area contributed by atoms with Crippen LogP contribution in [0.25, 0.3) is 0 Å². The molecule has 2 N–H and O–H groups in total. The second-order valence-corrected chi connectivity index (χ2v) is 6.84. The Labute approximate surface area is 154 Å².